The monoisotopic (exact) mass is 385 g/mol. The van der Waals surface area contributed by atoms with Crippen molar-refractivity contribution in [1.82, 2.24) is 4.90 Å². The maximum absolute atomic E-state index is 13.9. The number of carbonyl (C=O) groups excluding carboxylic acids is 2. The highest BCUT2D eigenvalue weighted by Crippen LogP contribution is 2.26. The molecule has 0 aliphatic carbocycles. The summed E-state index contributed by atoms with van der Waals surface area (Å²) in [6, 6.07) is 11.6. The lowest BCUT2D eigenvalue weighted by Crippen LogP contribution is -2.43. The minimum Gasteiger partial charge on any atom is -0.495 e. The molecule has 1 heterocycles. The molecule has 0 radical (unpaired) electrons. The van der Waals surface area contributed by atoms with Crippen molar-refractivity contribution in [2.75, 3.05) is 30.8 Å². The standard InChI is InChI=1S/C21H24FN3O3/c1-14-7-8-17(16(22)13-14)24-21(27)25-11-9-15(10-12-25)20(26)23-18-5-3-4-6-19(18)28-2/h3-8,13,15H,9-12H2,1-2H3,(H,23,26)(H,24,27). The zero-order valence-corrected chi connectivity index (χ0v) is 16.0. The van der Waals surface area contributed by atoms with Gasteiger partial charge >= 0.3 is 6.03 Å². The second kappa shape index (κ2) is 8.73. The van der Waals surface area contributed by atoms with Crippen molar-refractivity contribution < 1.29 is 18.7 Å². The maximum Gasteiger partial charge on any atom is 0.321 e. The minimum absolute atomic E-state index is 0.0888. The van der Waals surface area contributed by atoms with E-state index in [0.717, 1.165) is 5.56 Å². The molecule has 2 N–H and O–H groups in total. The van der Waals surface area contributed by atoms with E-state index in [0.29, 0.717) is 37.4 Å². The Morgan fingerprint density at radius 2 is 1.79 bits per heavy atom. The molecule has 0 bridgehead atoms. The van der Waals surface area contributed by atoms with E-state index in [1.165, 1.54) is 6.07 Å². The van der Waals surface area contributed by atoms with Crippen LogP contribution < -0.4 is 15.4 Å². The van der Waals surface area contributed by atoms with Crippen molar-refractivity contribution >= 4 is 23.3 Å². The third kappa shape index (κ3) is 4.60. The van der Waals surface area contributed by atoms with Gasteiger partial charge in [-0.25, -0.2) is 9.18 Å². The van der Waals surface area contributed by atoms with Gasteiger partial charge in [-0.15, -0.1) is 0 Å². The average molecular weight is 385 g/mol. The molecule has 0 aromatic heterocycles. The van der Waals surface area contributed by atoms with E-state index in [-0.39, 0.29) is 23.5 Å². The Bertz CT molecular complexity index is 864. The van der Waals surface area contributed by atoms with E-state index in [2.05, 4.69) is 10.6 Å². The van der Waals surface area contributed by atoms with Crippen LogP contribution in [0.1, 0.15) is 18.4 Å². The number of ether oxygens (including phenoxy) is 1. The largest absolute Gasteiger partial charge is 0.495 e. The van der Waals surface area contributed by atoms with Crippen LogP contribution in [0.3, 0.4) is 0 Å². The molecule has 0 spiro atoms. The summed E-state index contributed by atoms with van der Waals surface area (Å²) in [7, 11) is 1.55. The summed E-state index contributed by atoms with van der Waals surface area (Å²) in [5.41, 5.74) is 1.58. The molecule has 3 amide bonds. The van der Waals surface area contributed by atoms with Crippen molar-refractivity contribution in [3.05, 3.63) is 53.8 Å². The number of anilines is 2. The molecule has 6 nitrogen and oxygen atoms in total. The molecule has 7 heteroatoms. The number of amides is 3. The predicted molar refractivity (Wildman–Crippen MR) is 106 cm³/mol. The third-order valence-electron chi connectivity index (χ3n) is 4.88. The van der Waals surface area contributed by atoms with Gasteiger partial charge in [0.2, 0.25) is 5.91 Å². The highest BCUT2D eigenvalue weighted by atomic mass is 19.1. The fraction of sp³-hybridized carbons (Fsp3) is 0.333. The van der Waals surface area contributed by atoms with E-state index in [4.69, 9.17) is 4.74 Å². The van der Waals surface area contributed by atoms with Gasteiger partial charge in [0.15, 0.2) is 0 Å². The fourth-order valence-corrected chi connectivity index (χ4v) is 3.24. The topological polar surface area (TPSA) is 70.7 Å². The van der Waals surface area contributed by atoms with Gasteiger partial charge in [0.1, 0.15) is 11.6 Å². The number of rotatable bonds is 4. The first-order valence-electron chi connectivity index (χ1n) is 9.24. The zero-order valence-electron chi connectivity index (χ0n) is 16.0. The average Bonchev–Trinajstić information content (AvgIpc) is 2.70. The second-order valence-corrected chi connectivity index (χ2v) is 6.86. The molecular weight excluding hydrogens is 361 g/mol. The highest BCUT2D eigenvalue weighted by Gasteiger charge is 2.28. The van der Waals surface area contributed by atoms with Crippen LogP contribution in [0, 0.1) is 18.7 Å². The fourth-order valence-electron chi connectivity index (χ4n) is 3.24. The van der Waals surface area contributed by atoms with Crippen LogP contribution in [0.4, 0.5) is 20.6 Å². The first-order chi connectivity index (χ1) is 13.5. The number of benzene rings is 2. The lowest BCUT2D eigenvalue weighted by atomic mass is 9.96. The predicted octanol–water partition coefficient (Wildman–Crippen LogP) is 4.03. The Morgan fingerprint density at radius 1 is 1.07 bits per heavy atom. The number of piperidine rings is 1. The zero-order chi connectivity index (χ0) is 20.1. The van der Waals surface area contributed by atoms with Gasteiger partial charge in [0.25, 0.3) is 0 Å². The van der Waals surface area contributed by atoms with Crippen LogP contribution in [-0.2, 0) is 4.79 Å². The molecule has 148 valence electrons. The summed E-state index contributed by atoms with van der Waals surface area (Å²) in [4.78, 5) is 26.5. The van der Waals surface area contributed by atoms with Crippen LogP contribution in [0.2, 0.25) is 0 Å². The maximum atomic E-state index is 13.9. The first kappa shape index (κ1) is 19.7. The molecule has 1 fully saturated rings. The SMILES string of the molecule is COc1ccccc1NC(=O)C1CCN(C(=O)Nc2ccc(C)cc2F)CC1. The van der Waals surface area contributed by atoms with Gasteiger partial charge in [-0.1, -0.05) is 18.2 Å². The molecule has 2 aromatic carbocycles. The lowest BCUT2D eigenvalue weighted by Gasteiger charge is -2.31. The van der Waals surface area contributed by atoms with Crippen molar-refractivity contribution in [3.8, 4) is 5.75 Å². The molecule has 0 saturated carbocycles. The normalized spacial score (nSPS) is 14.5. The molecule has 28 heavy (non-hydrogen) atoms. The third-order valence-corrected chi connectivity index (χ3v) is 4.88. The smallest absolute Gasteiger partial charge is 0.321 e. The Labute approximate surface area is 163 Å². The van der Waals surface area contributed by atoms with Crippen LogP contribution in [-0.4, -0.2) is 37.0 Å². The number of halogens is 1. The molecular formula is C21H24FN3O3. The summed E-state index contributed by atoms with van der Waals surface area (Å²) in [6.45, 7) is 2.65. The number of carbonyl (C=O) groups is 2. The Hall–Kier alpha value is -3.09. The van der Waals surface area contributed by atoms with Crippen LogP contribution in [0.5, 0.6) is 5.75 Å². The van der Waals surface area contributed by atoms with Gasteiger partial charge in [0, 0.05) is 19.0 Å². The van der Waals surface area contributed by atoms with Crippen LogP contribution in [0.25, 0.3) is 0 Å². The summed E-state index contributed by atoms with van der Waals surface area (Å²) in [5, 5.41) is 5.50. The summed E-state index contributed by atoms with van der Waals surface area (Å²) < 4.78 is 19.2. The summed E-state index contributed by atoms with van der Waals surface area (Å²) in [6.07, 6.45) is 1.09. The van der Waals surface area contributed by atoms with E-state index < -0.39 is 5.82 Å². The van der Waals surface area contributed by atoms with Crippen LogP contribution in [0.15, 0.2) is 42.5 Å². The number of hydrogen-bond donors (Lipinski definition) is 2. The molecule has 1 aliphatic rings. The quantitative estimate of drug-likeness (QED) is 0.835. The Kier molecular flexibility index (Phi) is 6.13. The van der Waals surface area contributed by atoms with E-state index in [1.54, 1.807) is 43.2 Å². The molecule has 0 unspecified atom stereocenters. The first-order valence-corrected chi connectivity index (χ1v) is 9.24. The highest BCUT2D eigenvalue weighted by molar-refractivity contribution is 5.94. The van der Waals surface area contributed by atoms with E-state index in [9.17, 15) is 14.0 Å². The molecule has 0 atom stereocenters. The molecule has 1 saturated heterocycles. The van der Waals surface area contributed by atoms with E-state index in [1.807, 2.05) is 12.1 Å². The Balaban J connectivity index is 1.53. The van der Waals surface area contributed by atoms with Crippen LogP contribution >= 0.6 is 0 Å². The Morgan fingerprint density at radius 3 is 2.46 bits per heavy atom. The molecule has 1 aliphatic heterocycles. The van der Waals surface area contributed by atoms with Crippen molar-refractivity contribution in [1.29, 1.82) is 0 Å². The number of urea groups is 1. The van der Waals surface area contributed by atoms with Crippen molar-refractivity contribution in [2.45, 2.75) is 19.8 Å². The number of methoxy groups -OCH3 is 1. The van der Waals surface area contributed by atoms with Gasteiger partial charge in [-0.3, -0.25) is 4.79 Å². The number of nitrogens with one attached hydrogen (secondary N) is 2. The molecule has 3 rings (SSSR count). The summed E-state index contributed by atoms with van der Waals surface area (Å²) >= 11 is 0. The van der Waals surface area contributed by atoms with Crippen molar-refractivity contribution in [2.24, 2.45) is 5.92 Å². The van der Waals surface area contributed by atoms with Crippen molar-refractivity contribution in [3.63, 3.8) is 0 Å². The van der Waals surface area contributed by atoms with Gasteiger partial charge < -0.3 is 20.3 Å². The van der Waals surface area contributed by atoms with Gasteiger partial charge in [-0.05, 0) is 49.6 Å². The number of likely N-dealkylation sites (tertiary alicyclic amines) is 1. The van der Waals surface area contributed by atoms with Gasteiger partial charge in [-0.2, -0.15) is 0 Å². The number of hydrogen-bond acceptors (Lipinski definition) is 3. The lowest BCUT2D eigenvalue weighted by molar-refractivity contribution is -0.121. The summed E-state index contributed by atoms with van der Waals surface area (Å²) in [5.74, 6) is -0.133. The number of aryl methyl sites for hydroxylation is 1. The minimum atomic E-state index is -0.459. The van der Waals surface area contributed by atoms with Gasteiger partial charge in [0.05, 0.1) is 18.5 Å². The van der Waals surface area contributed by atoms with E-state index >= 15 is 0 Å². The second-order valence-electron chi connectivity index (χ2n) is 6.86. The number of nitrogens with zero attached hydrogens (tertiary/aromatic N) is 1. The number of para-hydroxylation sites is 2. The molecule has 2 aromatic rings.